The van der Waals surface area contributed by atoms with E-state index in [-0.39, 0.29) is 18.4 Å². The third-order valence-corrected chi connectivity index (χ3v) is 2.32. The number of aliphatic carboxylic acids is 1. The van der Waals surface area contributed by atoms with E-state index in [1.54, 1.807) is 12.2 Å². The Morgan fingerprint density at radius 3 is 2.69 bits per heavy atom. The molecule has 16 heavy (non-hydrogen) atoms. The third-order valence-electron chi connectivity index (χ3n) is 2.32. The fourth-order valence-corrected chi connectivity index (χ4v) is 1.40. The molecule has 1 rings (SSSR count). The molecule has 0 saturated heterocycles. The zero-order valence-electron chi connectivity index (χ0n) is 8.59. The molecule has 0 aliphatic heterocycles. The van der Waals surface area contributed by atoms with Crippen molar-refractivity contribution in [3.8, 4) is 0 Å². The van der Waals surface area contributed by atoms with Gasteiger partial charge in [-0.2, -0.15) is 0 Å². The zero-order valence-corrected chi connectivity index (χ0v) is 8.59. The molecule has 0 aromatic rings. The first kappa shape index (κ1) is 12.6. The fourth-order valence-electron chi connectivity index (χ4n) is 1.40. The fraction of sp³-hybridized carbons (Fsp3) is 0.400. The Hall–Kier alpha value is -1.50. The van der Waals surface area contributed by atoms with Crippen molar-refractivity contribution in [2.45, 2.75) is 24.6 Å². The maximum atomic E-state index is 11.6. The minimum Gasteiger partial charge on any atom is -0.480 e. The summed E-state index contributed by atoms with van der Waals surface area (Å²) in [7, 11) is 0. The second-order valence-electron chi connectivity index (χ2n) is 3.71. The number of carboxylic acid groups (broad SMARTS) is 1. The lowest BCUT2D eigenvalue weighted by Crippen LogP contribution is -2.46. The molecule has 0 saturated carbocycles. The summed E-state index contributed by atoms with van der Waals surface area (Å²) in [5.41, 5.74) is 8.99. The first-order chi connectivity index (χ1) is 7.34. The Labute approximate surface area is 92.2 Å². The number of nitrogens with two attached hydrogens (primary N) is 2. The molecular weight excluding hydrogens is 212 g/mol. The van der Waals surface area contributed by atoms with Gasteiger partial charge in [0.25, 0.3) is 0 Å². The number of allylic oxidation sites excluding steroid dienone is 2. The quantitative estimate of drug-likeness (QED) is 0.450. The van der Waals surface area contributed by atoms with E-state index in [2.05, 4.69) is 0 Å². The highest BCUT2D eigenvalue weighted by Gasteiger charge is 2.33. The van der Waals surface area contributed by atoms with Crippen LogP contribution in [0.2, 0.25) is 0 Å². The van der Waals surface area contributed by atoms with Gasteiger partial charge in [0.15, 0.2) is 5.78 Å². The number of hydrogen-bond acceptors (Lipinski definition) is 5. The summed E-state index contributed by atoms with van der Waals surface area (Å²) in [4.78, 5) is 22.1. The van der Waals surface area contributed by atoms with E-state index in [9.17, 15) is 14.7 Å². The second kappa shape index (κ2) is 4.56. The largest absolute Gasteiger partial charge is 0.480 e. The average Bonchev–Trinajstić information content (AvgIpc) is 2.16. The molecule has 0 heterocycles. The molecule has 0 aromatic heterocycles. The van der Waals surface area contributed by atoms with Crippen LogP contribution >= 0.6 is 0 Å². The summed E-state index contributed by atoms with van der Waals surface area (Å²) in [6.07, 6.45) is 4.32. The lowest BCUT2D eigenvalue weighted by Gasteiger charge is -2.26. The number of carbonyl (C=O) groups is 2. The van der Waals surface area contributed by atoms with Crippen LogP contribution in [0.25, 0.3) is 0 Å². The van der Waals surface area contributed by atoms with E-state index in [1.165, 1.54) is 6.08 Å². The van der Waals surface area contributed by atoms with Gasteiger partial charge in [-0.25, -0.2) is 0 Å². The average molecular weight is 226 g/mol. The molecule has 1 aliphatic rings. The summed E-state index contributed by atoms with van der Waals surface area (Å²) < 4.78 is 0. The monoisotopic (exact) mass is 226 g/mol. The van der Waals surface area contributed by atoms with E-state index < -0.39 is 23.5 Å². The molecule has 1 aliphatic carbocycles. The van der Waals surface area contributed by atoms with E-state index >= 15 is 0 Å². The van der Waals surface area contributed by atoms with Gasteiger partial charge in [-0.3, -0.25) is 15.3 Å². The number of carboxylic acids is 1. The van der Waals surface area contributed by atoms with Gasteiger partial charge in [-0.05, 0) is 0 Å². The number of carbonyl (C=O) groups excluding carboxylic acids is 1. The summed E-state index contributed by atoms with van der Waals surface area (Å²) in [5.74, 6) is -1.81. The Bertz CT molecular complexity index is 371. The predicted octanol–water partition coefficient (Wildman–Crippen LogP) is -1.11. The number of ketones is 1. The van der Waals surface area contributed by atoms with Crippen LogP contribution in [0.4, 0.5) is 0 Å². The van der Waals surface area contributed by atoms with Gasteiger partial charge in [0.05, 0.1) is 0 Å². The summed E-state index contributed by atoms with van der Waals surface area (Å²) in [6, 6.07) is -1.28. The molecule has 0 fully saturated rings. The van der Waals surface area contributed by atoms with Gasteiger partial charge in [-0.1, -0.05) is 18.2 Å². The van der Waals surface area contributed by atoms with Gasteiger partial charge < -0.3 is 15.9 Å². The molecule has 0 amide bonds. The van der Waals surface area contributed by atoms with Crippen LogP contribution < -0.4 is 11.5 Å². The molecule has 6 N–H and O–H groups in total. The topological polar surface area (TPSA) is 127 Å². The molecule has 0 aromatic carbocycles. The van der Waals surface area contributed by atoms with Crippen LogP contribution in [-0.2, 0) is 9.59 Å². The van der Waals surface area contributed by atoms with E-state index in [0.29, 0.717) is 0 Å². The van der Waals surface area contributed by atoms with E-state index in [0.717, 1.165) is 0 Å². The van der Waals surface area contributed by atoms with E-state index in [4.69, 9.17) is 16.6 Å². The van der Waals surface area contributed by atoms with Crippen molar-refractivity contribution in [1.29, 1.82) is 0 Å². The molecule has 2 atom stereocenters. The zero-order chi connectivity index (χ0) is 12.3. The molecule has 88 valence electrons. The summed E-state index contributed by atoms with van der Waals surface area (Å²) in [6.45, 7) is 0. The minimum absolute atomic E-state index is 0.00769. The number of hydrogen-bond donors (Lipinski definition) is 4. The van der Waals surface area contributed by atoms with Crippen LogP contribution in [0.1, 0.15) is 12.8 Å². The summed E-state index contributed by atoms with van der Waals surface area (Å²) in [5, 5.41) is 18.3. The van der Waals surface area contributed by atoms with Crippen molar-refractivity contribution in [1.82, 2.24) is 0 Å². The van der Waals surface area contributed by atoms with Crippen LogP contribution in [0.5, 0.6) is 0 Å². The lowest BCUT2D eigenvalue weighted by molar-refractivity contribution is -0.140. The molecule has 6 nitrogen and oxygen atoms in total. The third kappa shape index (κ3) is 2.75. The van der Waals surface area contributed by atoms with Crippen LogP contribution in [-0.4, -0.2) is 33.7 Å². The van der Waals surface area contributed by atoms with E-state index in [1.807, 2.05) is 0 Å². The summed E-state index contributed by atoms with van der Waals surface area (Å²) >= 11 is 0. The maximum absolute atomic E-state index is 11.6. The first-order valence-corrected chi connectivity index (χ1v) is 4.75. The molecular formula is C10H14N2O4. The molecule has 0 unspecified atom stereocenters. The van der Waals surface area contributed by atoms with Gasteiger partial charge >= 0.3 is 5.97 Å². The highest BCUT2D eigenvalue weighted by Crippen LogP contribution is 2.22. The highest BCUT2D eigenvalue weighted by atomic mass is 16.4. The Morgan fingerprint density at radius 1 is 1.56 bits per heavy atom. The molecule has 0 bridgehead atoms. The van der Waals surface area contributed by atoms with Crippen LogP contribution in [0.15, 0.2) is 23.8 Å². The molecule has 6 heteroatoms. The lowest BCUT2D eigenvalue weighted by atomic mass is 9.90. The van der Waals surface area contributed by atoms with Crippen molar-refractivity contribution < 1.29 is 19.8 Å². The molecule has 0 spiro atoms. The van der Waals surface area contributed by atoms with Crippen molar-refractivity contribution in [3.05, 3.63) is 23.8 Å². The predicted molar refractivity (Wildman–Crippen MR) is 56.2 cm³/mol. The van der Waals surface area contributed by atoms with Crippen molar-refractivity contribution in [2.24, 2.45) is 11.5 Å². The SMILES string of the molecule is N[C@@H](CC(=O)C1=CC=CC[C@]1(N)O)C(=O)O. The second-order valence-corrected chi connectivity index (χ2v) is 3.71. The van der Waals surface area contributed by atoms with Gasteiger partial charge in [0, 0.05) is 18.4 Å². The molecule has 0 radical (unpaired) electrons. The smallest absolute Gasteiger partial charge is 0.320 e. The number of rotatable bonds is 4. The Kier molecular flexibility index (Phi) is 3.58. The van der Waals surface area contributed by atoms with Gasteiger partial charge in [-0.15, -0.1) is 0 Å². The van der Waals surface area contributed by atoms with Crippen LogP contribution in [0, 0.1) is 0 Å². The first-order valence-electron chi connectivity index (χ1n) is 4.75. The van der Waals surface area contributed by atoms with Gasteiger partial charge in [0.2, 0.25) is 0 Å². The number of Topliss-reactive ketones (excluding diaryl/α,β-unsaturated/α-hetero) is 1. The van der Waals surface area contributed by atoms with Crippen molar-refractivity contribution in [2.75, 3.05) is 0 Å². The maximum Gasteiger partial charge on any atom is 0.320 e. The Balaban J connectivity index is 2.77. The van der Waals surface area contributed by atoms with Gasteiger partial charge in [0.1, 0.15) is 11.8 Å². The minimum atomic E-state index is -1.73. The highest BCUT2D eigenvalue weighted by molar-refractivity contribution is 6.00. The Morgan fingerprint density at radius 2 is 2.19 bits per heavy atom. The normalized spacial score (nSPS) is 26.1. The standard InChI is InChI=1S/C10H14N2O4/c11-7(9(14)15)5-8(13)6-3-1-2-4-10(6,12)16/h1-3,7,16H,4-5,11-12H2,(H,14,15)/t7-,10-/m0/s1. The van der Waals surface area contributed by atoms with Crippen molar-refractivity contribution in [3.63, 3.8) is 0 Å². The van der Waals surface area contributed by atoms with Crippen LogP contribution in [0.3, 0.4) is 0 Å². The number of aliphatic hydroxyl groups is 1. The van der Waals surface area contributed by atoms with Crippen molar-refractivity contribution >= 4 is 11.8 Å².